The molecular formula is C17H21NO5. The van der Waals surface area contributed by atoms with Crippen molar-refractivity contribution in [3.8, 4) is 0 Å². The van der Waals surface area contributed by atoms with Crippen molar-refractivity contribution in [1.29, 1.82) is 0 Å². The molecule has 0 aromatic heterocycles. The molecule has 1 amide bonds. The Kier molecular flexibility index (Phi) is 3.69. The molecule has 124 valence electrons. The smallest absolute Gasteiger partial charge is 0.417 e. The van der Waals surface area contributed by atoms with Crippen molar-refractivity contribution in [2.45, 2.75) is 57.1 Å². The second-order valence-corrected chi connectivity index (χ2v) is 7.01. The third kappa shape index (κ3) is 2.62. The first-order valence-corrected chi connectivity index (χ1v) is 7.69. The quantitative estimate of drug-likeness (QED) is 0.847. The van der Waals surface area contributed by atoms with Gasteiger partial charge in [-0.3, -0.25) is 0 Å². The van der Waals surface area contributed by atoms with Crippen molar-refractivity contribution in [3.63, 3.8) is 0 Å². The lowest BCUT2D eigenvalue weighted by Crippen LogP contribution is -2.47. The number of fused-ring (bicyclic) bond motifs is 3. The predicted molar refractivity (Wildman–Crippen MR) is 83.0 cm³/mol. The van der Waals surface area contributed by atoms with Gasteiger partial charge in [0.2, 0.25) is 0 Å². The van der Waals surface area contributed by atoms with Gasteiger partial charge in [0.1, 0.15) is 17.5 Å². The zero-order valence-corrected chi connectivity index (χ0v) is 13.5. The molecular weight excluding hydrogens is 298 g/mol. The fourth-order valence-electron chi connectivity index (χ4n) is 3.24. The number of aliphatic hydroxyl groups is 1. The van der Waals surface area contributed by atoms with Crippen molar-refractivity contribution in [2.75, 3.05) is 4.90 Å². The number of ether oxygens (including phenoxy) is 2. The number of carbonyl (C=O) groups excluding carboxylic acids is 2. The SMILES string of the molecule is CC(C)(C)OC(=O)N1c2ccccc2[C@]2(O)C[C@@H](CC=O)OC12. The lowest BCUT2D eigenvalue weighted by Gasteiger charge is -2.29. The van der Waals surface area contributed by atoms with Gasteiger partial charge in [-0.25, -0.2) is 9.69 Å². The van der Waals surface area contributed by atoms with Crippen LogP contribution in [0.15, 0.2) is 24.3 Å². The summed E-state index contributed by atoms with van der Waals surface area (Å²) in [4.78, 5) is 24.7. The van der Waals surface area contributed by atoms with Crippen LogP contribution in [-0.2, 0) is 19.9 Å². The van der Waals surface area contributed by atoms with E-state index in [0.29, 0.717) is 11.3 Å². The molecule has 1 aromatic carbocycles. The first-order chi connectivity index (χ1) is 10.8. The number of rotatable bonds is 2. The van der Waals surface area contributed by atoms with Crippen molar-refractivity contribution in [1.82, 2.24) is 0 Å². The number of para-hydroxylation sites is 1. The third-order valence-corrected chi connectivity index (χ3v) is 4.08. The van der Waals surface area contributed by atoms with Crippen LogP contribution >= 0.6 is 0 Å². The number of aldehydes is 1. The van der Waals surface area contributed by atoms with Gasteiger partial charge in [-0.2, -0.15) is 0 Å². The normalized spacial score (nSPS) is 29.1. The maximum atomic E-state index is 12.6. The largest absolute Gasteiger partial charge is 0.443 e. The Labute approximate surface area is 135 Å². The van der Waals surface area contributed by atoms with Crippen LogP contribution in [0.5, 0.6) is 0 Å². The molecule has 1 aromatic rings. The number of amides is 1. The van der Waals surface area contributed by atoms with Gasteiger partial charge in [0.05, 0.1) is 11.8 Å². The Bertz CT molecular complexity index is 638. The number of hydrogen-bond donors (Lipinski definition) is 1. The van der Waals surface area contributed by atoms with Crippen molar-refractivity contribution < 1.29 is 24.2 Å². The van der Waals surface area contributed by atoms with Crippen molar-refractivity contribution in [3.05, 3.63) is 29.8 Å². The Morgan fingerprint density at radius 1 is 1.48 bits per heavy atom. The topological polar surface area (TPSA) is 76.1 Å². The van der Waals surface area contributed by atoms with E-state index in [1.54, 1.807) is 45.0 Å². The summed E-state index contributed by atoms with van der Waals surface area (Å²) in [6, 6.07) is 7.13. The average molecular weight is 319 g/mol. The van der Waals surface area contributed by atoms with E-state index >= 15 is 0 Å². The van der Waals surface area contributed by atoms with E-state index in [0.717, 1.165) is 6.29 Å². The molecule has 6 nitrogen and oxygen atoms in total. The molecule has 0 aliphatic carbocycles. The van der Waals surface area contributed by atoms with E-state index in [1.807, 2.05) is 0 Å². The van der Waals surface area contributed by atoms with Crippen molar-refractivity contribution in [2.24, 2.45) is 0 Å². The van der Waals surface area contributed by atoms with E-state index < -0.39 is 29.6 Å². The average Bonchev–Trinajstić information content (AvgIpc) is 2.86. The summed E-state index contributed by atoms with van der Waals surface area (Å²) in [5.41, 5.74) is -0.766. The third-order valence-electron chi connectivity index (χ3n) is 4.08. The van der Waals surface area contributed by atoms with Crippen LogP contribution in [0.2, 0.25) is 0 Å². The van der Waals surface area contributed by atoms with Gasteiger partial charge in [0, 0.05) is 18.4 Å². The number of anilines is 1. The fourth-order valence-corrected chi connectivity index (χ4v) is 3.24. The molecule has 3 rings (SSSR count). The molecule has 2 aliphatic rings. The molecule has 1 unspecified atom stereocenters. The molecule has 0 spiro atoms. The minimum Gasteiger partial charge on any atom is -0.443 e. The Morgan fingerprint density at radius 3 is 2.83 bits per heavy atom. The molecule has 2 aliphatic heterocycles. The van der Waals surface area contributed by atoms with E-state index in [-0.39, 0.29) is 12.8 Å². The summed E-state index contributed by atoms with van der Waals surface area (Å²) < 4.78 is 11.3. The molecule has 1 N–H and O–H groups in total. The zero-order valence-electron chi connectivity index (χ0n) is 13.5. The summed E-state index contributed by atoms with van der Waals surface area (Å²) in [6.45, 7) is 5.34. The molecule has 1 saturated heterocycles. The molecule has 3 atom stereocenters. The van der Waals surface area contributed by atoms with Gasteiger partial charge < -0.3 is 19.4 Å². The number of benzene rings is 1. The molecule has 2 heterocycles. The Morgan fingerprint density at radius 2 is 2.17 bits per heavy atom. The van der Waals surface area contributed by atoms with Gasteiger partial charge in [0.25, 0.3) is 0 Å². The van der Waals surface area contributed by atoms with E-state index in [1.165, 1.54) is 4.90 Å². The highest BCUT2D eigenvalue weighted by Gasteiger charge is 2.59. The van der Waals surface area contributed by atoms with Crippen LogP contribution in [0.3, 0.4) is 0 Å². The molecule has 23 heavy (non-hydrogen) atoms. The monoisotopic (exact) mass is 319 g/mol. The van der Waals surface area contributed by atoms with Gasteiger partial charge in [-0.15, -0.1) is 0 Å². The summed E-state index contributed by atoms with van der Waals surface area (Å²) in [7, 11) is 0. The van der Waals surface area contributed by atoms with Crippen molar-refractivity contribution >= 4 is 18.1 Å². The van der Waals surface area contributed by atoms with Crippen LogP contribution in [0.25, 0.3) is 0 Å². The molecule has 6 heteroatoms. The highest BCUT2D eigenvalue weighted by Crippen LogP contribution is 2.51. The van der Waals surface area contributed by atoms with Crippen LogP contribution in [0, 0.1) is 0 Å². The van der Waals surface area contributed by atoms with Crippen LogP contribution in [-0.4, -0.2) is 35.4 Å². The maximum Gasteiger partial charge on any atom is 0.417 e. The lowest BCUT2D eigenvalue weighted by molar-refractivity contribution is -0.110. The van der Waals surface area contributed by atoms with E-state index in [2.05, 4.69) is 0 Å². The first-order valence-electron chi connectivity index (χ1n) is 7.69. The van der Waals surface area contributed by atoms with E-state index in [4.69, 9.17) is 9.47 Å². The summed E-state index contributed by atoms with van der Waals surface area (Å²) in [6.07, 6.45) is -0.646. The van der Waals surface area contributed by atoms with Gasteiger partial charge in [-0.1, -0.05) is 18.2 Å². The van der Waals surface area contributed by atoms with Gasteiger partial charge >= 0.3 is 6.09 Å². The van der Waals surface area contributed by atoms with Crippen LogP contribution in [0.1, 0.15) is 39.2 Å². The Balaban J connectivity index is 1.99. The molecule has 1 fully saturated rings. The standard InChI is InChI=1S/C17H21NO5/c1-16(2,3)23-15(20)18-13-7-5-4-6-12(13)17(21)10-11(8-9-19)22-14(17)18/h4-7,9,11,14,21H,8,10H2,1-3H3/t11-,14?,17-/m1/s1. The minimum atomic E-state index is -1.32. The second kappa shape index (κ2) is 5.32. The summed E-state index contributed by atoms with van der Waals surface area (Å²) >= 11 is 0. The molecule has 0 saturated carbocycles. The van der Waals surface area contributed by atoms with Crippen LogP contribution < -0.4 is 4.90 Å². The molecule has 0 radical (unpaired) electrons. The molecule has 0 bridgehead atoms. The first kappa shape index (κ1) is 16.0. The number of nitrogens with zero attached hydrogens (tertiary/aromatic N) is 1. The minimum absolute atomic E-state index is 0.184. The highest BCUT2D eigenvalue weighted by atomic mass is 16.6. The summed E-state index contributed by atoms with van der Waals surface area (Å²) in [5.74, 6) is 0. The van der Waals surface area contributed by atoms with Gasteiger partial charge in [0.15, 0.2) is 6.23 Å². The predicted octanol–water partition coefficient (Wildman–Crippen LogP) is 2.33. The summed E-state index contributed by atoms with van der Waals surface area (Å²) in [5, 5.41) is 11.1. The lowest BCUT2D eigenvalue weighted by atomic mass is 9.90. The van der Waals surface area contributed by atoms with Gasteiger partial charge in [-0.05, 0) is 26.8 Å². The number of hydrogen-bond acceptors (Lipinski definition) is 5. The number of carbonyl (C=O) groups is 2. The maximum absolute atomic E-state index is 12.6. The highest BCUT2D eigenvalue weighted by molar-refractivity contribution is 5.92. The Hall–Kier alpha value is -1.92. The van der Waals surface area contributed by atoms with Crippen LogP contribution in [0.4, 0.5) is 10.5 Å². The fraction of sp³-hybridized carbons (Fsp3) is 0.529. The zero-order chi connectivity index (χ0) is 16.8. The second-order valence-electron chi connectivity index (χ2n) is 7.01. The van der Waals surface area contributed by atoms with E-state index in [9.17, 15) is 14.7 Å².